The van der Waals surface area contributed by atoms with E-state index in [0.717, 1.165) is 117 Å². The monoisotopic (exact) mass is 839 g/mol. The Morgan fingerprint density at radius 3 is 1.36 bits per heavy atom. The molecular formula is C58H34NO4P. The predicted molar refractivity (Wildman–Crippen MR) is 263 cm³/mol. The Hall–Kier alpha value is -7.85. The molecule has 3 aliphatic rings. The summed E-state index contributed by atoms with van der Waals surface area (Å²) in [6.45, 7) is 4.26. The molecule has 5 heterocycles. The summed E-state index contributed by atoms with van der Waals surface area (Å²) in [6, 6.07) is 61.2. The lowest BCUT2D eigenvalue weighted by Gasteiger charge is -2.44. The Kier molecular flexibility index (Phi) is 6.73. The fourth-order valence-electron chi connectivity index (χ4n) is 10.6. The Bertz CT molecular complexity index is 3830. The normalized spacial score (nSPS) is 13.6. The first-order valence-electron chi connectivity index (χ1n) is 21.7. The van der Waals surface area contributed by atoms with E-state index in [-0.39, 0.29) is 0 Å². The number of fused-ring (bicyclic) bond motifs is 8. The van der Waals surface area contributed by atoms with Gasteiger partial charge >= 0.3 is 0 Å². The molecule has 15 rings (SSSR count). The Labute approximate surface area is 368 Å². The Morgan fingerprint density at radius 2 is 0.859 bits per heavy atom. The SMILES string of the molecule is Cc1ccc(N2c3ccc(-c4ccc5oc6cc7ccccc7cc6c5c4)c4c3P3c5c(cc(C)cc5Oc5c(-c6ccc7oc8cc9ccccc9cc8c7c6)ccc2c53)O4)cc1. The summed E-state index contributed by atoms with van der Waals surface area (Å²) in [4.78, 5) is 2.41. The fraction of sp³-hybridized carbons (Fsp3) is 0.0345. The maximum absolute atomic E-state index is 7.26. The number of furan rings is 2. The van der Waals surface area contributed by atoms with Gasteiger partial charge in [0, 0.05) is 46.3 Å². The van der Waals surface area contributed by atoms with Crippen molar-refractivity contribution in [2.45, 2.75) is 13.8 Å². The molecule has 64 heavy (non-hydrogen) atoms. The first kappa shape index (κ1) is 34.7. The van der Waals surface area contributed by atoms with Crippen LogP contribution in [0, 0.1) is 13.8 Å². The first-order valence-corrected chi connectivity index (χ1v) is 23.1. The molecule has 0 saturated heterocycles. The van der Waals surface area contributed by atoms with Crippen molar-refractivity contribution >= 4 is 106 Å². The number of anilines is 3. The van der Waals surface area contributed by atoms with Crippen molar-refractivity contribution in [3.8, 4) is 45.3 Å². The molecule has 0 saturated carbocycles. The highest BCUT2D eigenvalue weighted by atomic mass is 31.1. The van der Waals surface area contributed by atoms with Crippen molar-refractivity contribution in [1.82, 2.24) is 0 Å². The number of rotatable bonds is 3. The summed E-state index contributed by atoms with van der Waals surface area (Å²) in [5.74, 6) is 3.50. The van der Waals surface area contributed by atoms with Gasteiger partial charge in [0.1, 0.15) is 45.3 Å². The van der Waals surface area contributed by atoms with Gasteiger partial charge in [0.25, 0.3) is 0 Å². The molecule has 0 fully saturated rings. The van der Waals surface area contributed by atoms with Crippen LogP contribution in [-0.4, -0.2) is 0 Å². The van der Waals surface area contributed by atoms with E-state index < -0.39 is 7.92 Å². The van der Waals surface area contributed by atoms with E-state index in [9.17, 15) is 0 Å². The average Bonchev–Trinajstić information content (AvgIpc) is 3.86. The van der Waals surface area contributed by atoms with E-state index in [1.165, 1.54) is 37.7 Å². The molecule has 0 radical (unpaired) electrons. The quantitative estimate of drug-likeness (QED) is 0.166. The van der Waals surface area contributed by atoms with Gasteiger partial charge in [0.2, 0.25) is 0 Å². The molecule has 0 atom stereocenters. The topological polar surface area (TPSA) is 48.0 Å². The molecule has 0 amide bonds. The minimum atomic E-state index is -1.13. The van der Waals surface area contributed by atoms with Crippen LogP contribution in [0.15, 0.2) is 179 Å². The van der Waals surface area contributed by atoms with Gasteiger partial charge in [-0.05, 0) is 149 Å². The molecule has 300 valence electrons. The zero-order valence-corrected chi connectivity index (χ0v) is 35.6. The average molecular weight is 840 g/mol. The van der Waals surface area contributed by atoms with Crippen LogP contribution in [0.2, 0.25) is 0 Å². The minimum Gasteiger partial charge on any atom is -0.456 e. The van der Waals surface area contributed by atoms with Gasteiger partial charge in [-0.2, -0.15) is 0 Å². The summed E-state index contributed by atoms with van der Waals surface area (Å²) in [5, 5.41) is 12.6. The number of benzene rings is 10. The highest BCUT2D eigenvalue weighted by Gasteiger charge is 2.46. The maximum Gasteiger partial charge on any atom is 0.145 e. The van der Waals surface area contributed by atoms with Crippen molar-refractivity contribution < 1.29 is 18.3 Å². The van der Waals surface area contributed by atoms with Crippen molar-refractivity contribution in [2.75, 3.05) is 4.90 Å². The second-order valence-corrected chi connectivity index (χ2v) is 19.5. The van der Waals surface area contributed by atoms with Crippen LogP contribution in [0.5, 0.6) is 23.0 Å². The number of aryl methyl sites for hydroxylation is 2. The molecule has 5 nitrogen and oxygen atoms in total. The van der Waals surface area contributed by atoms with Crippen LogP contribution in [0.4, 0.5) is 17.1 Å². The van der Waals surface area contributed by atoms with Crippen molar-refractivity contribution in [3.63, 3.8) is 0 Å². The summed E-state index contributed by atoms with van der Waals surface area (Å²) in [6.07, 6.45) is 0. The van der Waals surface area contributed by atoms with Crippen molar-refractivity contribution in [2.24, 2.45) is 0 Å². The van der Waals surface area contributed by atoms with Crippen LogP contribution in [0.1, 0.15) is 11.1 Å². The zero-order chi connectivity index (χ0) is 41.9. The molecule has 0 spiro atoms. The standard InChI is InChI=1S/C58H34NO4P/c1-31-11-15-39(16-12-31)59-46-19-17-40(37-13-21-48-42(27-37)44-25-33-7-3-5-9-35(33)29-50(44)60-48)54-56(46)64-57-47(59)20-18-41(55(57)63-53-24-32(2)23-52(62-54)58(53)64)38-14-22-49-43(28-38)45-26-34-8-4-6-10-36(34)30-51(45)61-49/h3-30H,1-2H3. The van der Waals surface area contributed by atoms with Gasteiger partial charge in [0.05, 0.1) is 27.3 Å². The molecular weight excluding hydrogens is 806 g/mol. The maximum atomic E-state index is 7.26. The lowest BCUT2D eigenvalue weighted by atomic mass is 9.98. The largest absolute Gasteiger partial charge is 0.456 e. The number of hydrogen-bond acceptors (Lipinski definition) is 5. The third-order valence-corrected chi connectivity index (χ3v) is 16.2. The molecule has 6 heteroatoms. The van der Waals surface area contributed by atoms with Crippen LogP contribution in [0.3, 0.4) is 0 Å². The Balaban J connectivity index is 0.982. The number of hydrogen-bond donors (Lipinski definition) is 0. The fourth-order valence-corrected chi connectivity index (χ4v) is 13.5. The second kappa shape index (κ2) is 12.4. The third-order valence-electron chi connectivity index (χ3n) is 13.6. The molecule has 10 aromatic carbocycles. The van der Waals surface area contributed by atoms with Gasteiger partial charge in [-0.3, -0.25) is 0 Å². The number of nitrogens with zero attached hydrogens (tertiary/aromatic N) is 1. The van der Waals surface area contributed by atoms with Crippen molar-refractivity contribution in [1.29, 1.82) is 0 Å². The lowest BCUT2D eigenvalue weighted by molar-refractivity contribution is 0.467. The van der Waals surface area contributed by atoms with Crippen LogP contribution < -0.4 is 30.3 Å². The van der Waals surface area contributed by atoms with Crippen LogP contribution in [-0.2, 0) is 0 Å². The lowest BCUT2D eigenvalue weighted by Crippen LogP contribution is -2.40. The summed E-state index contributed by atoms with van der Waals surface area (Å²) >= 11 is 0. The van der Waals surface area contributed by atoms with Crippen LogP contribution >= 0.6 is 7.92 Å². The number of ether oxygens (including phenoxy) is 2. The summed E-state index contributed by atoms with van der Waals surface area (Å²) in [5.41, 5.74) is 13.4. The third kappa shape index (κ3) is 4.71. The summed E-state index contributed by atoms with van der Waals surface area (Å²) < 4.78 is 27.5. The molecule has 0 aliphatic carbocycles. The van der Waals surface area contributed by atoms with E-state index in [1.807, 2.05) is 0 Å². The summed E-state index contributed by atoms with van der Waals surface area (Å²) in [7, 11) is -1.13. The minimum absolute atomic E-state index is 0.859. The molecule has 12 aromatic rings. The van der Waals surface area contributed by atoms with E-state index in [1.54, 1.807) is 0 Å². The van der Waals surface area contributed by atoms with Gasteiger partial charge in [-0.1, -0.05) is 78.4 Å². The van der Waals surface area contributed by atoms with E-state index >= 15 is 0 Å². The predicted octanol–water partition coefficient (Wildman–Crippen LogP) is 15.5. The van der Waals surface area contributed by atoms with Crippen molar-refractivity contribution in [3.05, 3.63) is 181 Å². The molecule has 0 N–H and O–H groups in total. The molecule has 0 unspecified atom stereocenters. The van der Waals surface area contributed by atoms with Gasteiger partial charge in [0.15, 0.2) is 0 Å². The Morgan fingerprint density at radius 1 is 0.391 bits per heavy atom. The second-order valence-electron chi connectivity index (χ2n) is 17.5. The van der Waals surface area contributed by atoms with E-state index in [2.05, 4.69) is 189 Å². The molecule has 3 aliphatic heterocycles. The van der Waals surface area contributed by atoms with E-state index in [4.69, 9.17) is 18.3 Å². The van der Waals surface area contributed by atoms with Gasteiger partial charge in [-0.15, -0.1) is 0 Å². The highest BCUT2D eigenvalue weighted by Crippen LogP contribution is 2.63. The molecule has 2 aromatic heterocycles. The van der Waals surface area contributed by atoms with Crippen LogP contribution in [0.25, 0.3) is 87.7 Å². The highest BCUT2D eigenvalue weighted by molar-refractivity contribution is 7.81. The zero-order valence-electron chi connectivity index (χ0n) is 34.7. The van der Waals surface area contributed by atoms with E-state index in [0.29, 0.717) is 0 Å². The molecule has 0 bridgehead atoms. The first-order chi connectivity index (χ1) is 31.5. The van der Waals surface area contributed by atoms with Gasteiger partial charge < -0.3 is 23.2 Å². The van der Waals surface area contributed by atoms with Gasteiger partial charge in [-0.25, -0.2) is 0 Å². The smallest absolute Gasteiger partial charge is 0.145 e.